The molecule has 0 aliphatic carbocycles. The first-order chi connectivity index (χ1) is 13.5. The van der Waals surface area contributed by atoms with Gasteiger partial charge in [0.1, 0.15) is 5.69 Å². The predicted molar refractivity (Wildman–Crippen MR) is 112 cm³/mol. The summed E-state index contributed by atoms with van der Waals surface area (Å²) in [5.74, 6) is -0.489. The number of hydrogen-bond donors (Lipinski definition) is 3. The van der Waals surface area contributed by atoms with Crippen LogP contribution in [0.25, 0.3) is 0 Å². The molecule has 6 nitrogen and oxygen atoms in total. The molecular formula is C22H22N4O2. The molecule has 2 aromatic carbocycles. The summed E-state index contributed by atoms with van der Waals surface area (Å²) >= 11 is 0. The van der Waals surface area contributed by atoms with E-state index in [1.54, 1.807) is 36.5 Å². The van der Waals surface area contributed by atoms with Crippen LogP contribution in [-0.4, -0.2) is 16.8 Å². The van der Waals surface area contributed by atoms with Crippen LogP contribution in [-0.2, 0) is 11.2 Å². The standard InChI is InChI=1S/C22H22N4O2/c1-3-16-7-9-17(10-8-16)25-20-11-12-21(23-14-20)22(28)26-19-6-4-5-18(13-19)24-15(2)27/h4-14,25H,3H2,1-2H3,(H,24,27)(H,26,28). The Hall–Kier alpha value is -3.67. The molecule has 1 aromatic heterocycles. The summed E-state index contributed by atoms with van der Waals surface area (Å²) in [7, 11) is 0. The van der Waals surface area contributed by atoms with Crippen LogP contribution in [0.5, 0.6) is 0 Å². The Morgan fingerprint density at radius 1 is 0.857 bits per heavy atom. The van der Waals surface area contributed by atoms with Crippen molar-refractivity contribution < 1.29 is 9.59 Å². The Bertz CT molecular complexity index is 967. The maximum absolute atomic E-state index is 12.4. The summed E-state index contributed by atoms with van der Waals surface area (Å²) in [4.78, 5) is 27.8. The molecule has 0 saturated heterocycles. The molecule has 0 spiro atoms. The summed E-state index contributed by atoms with van der Waals surface area (Å²) in [5.41, 5.74) is 4.54. The second-order valence-electron chi connectivity index (χ2n) is 6.32. The van der Waals surface area contributed by atoms with Gasteiger partial charge in [0, 0.05) is 24.0 Å². The average molecular weight is 374 g/mol. The van der Waals surface area contributed by atoms with Gasteiger partial charge in [0.2, 0.25) is 5.91 Å². The van der Waals surface area contributed by atoms with Crippen LogP contribution in [0.4, 0.5) is 22.7 Å². The lowest BCUT2D eigenvalue weighted by molar-refractivity contribution is -0.114. The van der Waals surface area contributed by atoms with E-state index >= 15 is 0 Å². The molecule has 0 unspecified atom stereocenters. The Morgan fingerprint density at radius 2 is 1.54 bits per heavy atom. The fraction of sp³-hybridized carbons (Fsp3) is 0.136. The van der Waals surface area contributed by atoms with Gasteiger partial charge in [-0.3, -0.25) is 9.59 Å². The molecular weight excluding hydrogens is 352 g/mol. The van der Waals surface area contributed by atoms with Gasteiger partial charge < -0.3 is 16.0 Å². The number of nitrogens with zero attached hydrogens (tertiary/aromatic N) is 1. The van der Waals surface area contributed by atoms with E-state index in [2.05, 4.69) is 40.0 Å². The Kier molecular flexibility index (Phi) is 6.01. The zero-order valence-electron chi connectivity index (χ0n) is 15.8. The van der Waals surface area contributed by atoms with Gasteiger partial charge in [-0.2, -0.15) is 0 Å². The van der Waals surface area contributed by atoms with Gasteiger partial charge in [-0.25, -0.2) is 4.98 Å². The molecule has 0 bridgehead atoms. The van der Waals surface area contributed by atoms with Gasteiger partial charge in [0.15, 0.2) is 0 Å². The third-order valence-corrected chi connectivity index (χ3v) is 4.09. The van der Waals surface area contributed by atoms with Crippen molar-refractivity contribution in [3.05, 3.63) is 78.1 Å². The highest BCUT2D eigenvalue weighted by atomic mass is 16.2. The van der Waals surface area contributed by atoms with Gasteiger partial charge in [-0.05, 0) is 54.4 Å². The number of anilines is 4. The van der Waals surface area contributed by atoms with Crippen molar-refractivity contribution in [2.75, 3.05) is 16.0 Å². The lowest BCUT2D eigenvalue weighted by Crippen LogP contribution is -2.14. The number of nitrogens with one attached hydrogen (secondary N) is 3. The van der Waals surface area contributed by atoms with E-state index in [0.29, 0.717) is 17.1 Å². The number of aromatic nitrogens is 1. The van der Waals surface area contributed by atoms with Crippen molar-refractivity contribution in [3.63, 3.8) is 0 Å². The van der Waals surface area contributed by atoms with Gasteiger partial charge in [-0.15, -0.1) is 0 Å². The summed E-state index contributed by atoms with van der Waals surface area (Å²) in [6.45, 7) is 3.55. The van der Waals surface area contributed by atoms with E-state index in [0.717, 1.165) is 17.8 Å². The lowest BCUT2D eigenvalue weighted by atomic mass is 10.1. The minimum absolute atomic E-state index is 0.169. The van der Waals surface area contributed by atoms with Crippen LogP contribution < -0.4 is 16.0 Å². The van der Waals surface area contributed by atoms with Crippen molar-refractivity contribution >= 4 is 34.6 Å². The maximum Gasteiger partial charge on any atom is 0.274 e. The second kappa shape index (κ2) is 8.81. The summed E-state index contributed by atoms with van der Waals surface area (Å²) < 4.78 is 0. The van der Waals surface area contributed by atoms with Gasteiger partial charge in [-0.1, -0.05) is 25.1 Å². The van der Waals surface area contributed by atoms with Crippen molar-refractivity contribution in [2.45, 2.75) is 20.3 Å². The summed E-state index contributed by atoms with van der Waals surface area (Å²) in [5, 5.41) is 8.72. The van der Waals surface area contributed by atoms with E-state index in [-0.39, 0.29) is 11.8 Å². The number of aryl methyl sites for hydroxylation is 1. The van der Waals surface area contributed by atoms with Crippen LogP contribution in [0.15, 0.2) is 66.9 Å². The van der Waals surface area contributed by atoms with Crippen molar-refractivity contribution in [2.24, 2.45) is 0 Å². The van der Waals surface area contributed by atoms with E-state index in [4.69, 9.17) is 0 Å². The van der Waals surface area contributed by atoms with Crippen molar-refractivity contribution in [1.82, 2.24) is 4.98 Å². The number of hydrogen-bond acceptors (Lipinski definition) is 4. The quantitative estimate of drug-likeness (QED) is 0.589. The Labute approximate surface area is 164 Å². The molecule has 0 saturated carbocycles. The molecule has 142 valence electrons. The van der Waals surface area contributed by atoms with E-state index in [1.165, 1.54) is 12.5 Å². The molecule has 0 fully saturated rings. The molecule has 0 atom stereocenters. The zero-order valence-corrected chi connectivity index (χ0v) is 15.8. The molecule has 1 heterocycles. The topological polar surface area (TPSA) is 83.1 Å². The largest absolute Gasteiger partial charge is 0.354 e. The Balaban J connectivity index is 1.64. The maximum atomic E-state index is 12.4. The number of carbonyl (C=O) groups is 2. The first-order valence-corrected chi connectivity index (χ1v) is 9.04. The molecule has 2 amide bonds. The van der Waals surface area contributed by atoms with Crippen molar-refractivity contribution in [1.29, 1.82) is 0 Å². The fourth-order valence-electron chi connectivity index (χ4n) is 2.67. The first-order valence-electron chi connectivity index (χ1n) is 9.04. The zero-order chi connectivity index (χ0) is 19.9. The van der Waals surface area contributed by atoms with Gasteiger partial charge in [0.25, 0.3) is 5.91 Å². The number of carbonyl (C=O) groups excluding carboxylic acids is 2. The van der Waals surface area contributed by atoms with Gasteiger partial charge >= 0.3 is 0 Å². The fourth-order valence-corrected chi connectivity index (χ4v) is 2.67. The van der Waals surface area contributed by atoms with E-state index in [1.807, 2.05) is 18.2 Å². The number of benzene rings is 2. The van der Waals surface area contributed by atoms with Crippen LogP contribution in [0.2, 0.25) is 0 Å². The van der Waals surface area contributed by atoms with Crippen molar-refractivity contribution in [3.8, 4) is 0 Å². The molecule has 6 heteroatoms. The van der Waals surface area contributed by atoms with Crippen LogP contribution in [0, 0.1) is 0 Å². The minimum Gasteiger partial charge on any atom is -0.354 e. The number of amides is 2. The highest BCUT2D eigenvalue weighted by molar-refractivity contribution is 6.03. The molecule has 0 radical (unpaired) electrons. The molecule has 0 aliphatic heterocycles. The molecule has 0 aliphatic rings. The molecule has 3 N–H and O–H groups in total. The molecule has 3 aromatic rings. The van der Waals surface area contributed by atoms with Crippen LogP contribution in [0.1, 0.15) is 29.9 Å². The third kappa shape index (κ3) is 5.17. The monoisotopic (exact) mass is 374 g/mol. The summed E-state index contributed by atoms with van der Waals surface area (Å²) in [6.07, 6.45) is 2.62. The van der Waals surface area contributed by atoms with E-state index in [9.17, 15) is 9.59 Å². The predicted octanol–water partition coefficient (Wildman–Crippen LogP) is 4.60. The van der Waals surface area contributed by atoms with Crippen LogP contribution >= 0.6 is 0 Å². The normalized spacial score (nSPS) is 10.2. The highest BCUT2D eigenvalue weighted by Gasteiger charge is 2.08. The highest BCUT2D eigenvalue weighted by Crippen LogP contribution is 2.18. The van der Waals surface area contributed by atoms with Crippen LogP contribution in [0.3, 0.4) is 0 Å². The minimum atomic E-state index is -0.321. The Morgan fingerprint density at radius 3 is 2.14 bits per heavy atom. The SMILES string of the molecule is CCc1ccc(Nc2ccc(C(=O)Nc3cccc(NC(C)=O)c3)nc2)cc1. The molecule has 28 heavy (non-hydrogen) atoms. The third-order valence-electron chi connectivity index (χ3n) is 4.09. The number of pyridine rings is 1. The number of rotatable bonds is 6. The first kappa shape index (κ1) is 19.1. The summed E-state index contributed by atoms with van der Waals surface area (Å²) in [6, 6.07) is 18.6. The molecule has 3 rings (SSSR count). The second-order valence-corrected chi connectivity index (χ2v) is 6.32. The lowest BCUT2D eigenvalue weighted by Gasteiger charge is -2.09. The van der Waals surface area contributed by atoms with E-state index < -0.39 is 0 Å². The van der Waals surface area contributed by atoms with Gasteiger partial charge in [0.05, 0.1) is 11.9 Å². The smallest absolute Gasteiger partial charge is 0.274 e. The average Bonchev–Trinajstić information content (AvgIpc) is 2.69.